The van der Waals surface area contributed by atoms with Gasteiger partial charge in [0.05, 0.1) is 6.10 Å². The molecule has 1 spiro atoms. The molecule has 0 radical (unpaired) electrons. The van der Waals surface area contributed by atoms with Gasteiger partial charge in [-0.15, -0.1) is 5.10 Å². The summed E-state index contributed by atoms with van der Waals surface area (Å²) in [5.41, 5.74) is 0.855. The van der Waals surface area contributed by atoms with Gasteiger partial charge in [0.25, 0.3) is 0 Å². The fourth-order valence-electron chi connectivity index (χ4n) is 5.27. The predicted molar refractivity (Wildman–Crippen MR) is 108 cm³/mol. The van der Waals surface area contributed by atoms with E-state index in [0.29, 0.717) is 19.8 Å². The van der Waals surface area contributed by atoms with Gasteiger partial charge in [0, 0.05) is 57.7 Å². The number of rotatable bonds is 2. The summed E-state index contributed by atoms with van der Waals surface area (Å²) < 4.78 is 7.21. The Hall–Kier alpha value is -2.19. The fraction of sp³-hybridized carbons (Fsp3) is 0.667. The summed E-state index contributed by atoms with van der Waals surface area (Å²) in [5, 5.41) is 15.2. The van der Waals surface area contributed by atoms with Gasteiger partial charge in [0.15, 0.2) is 5.65 Å². The second-order valence-corrected chi connectivity index (χ2v) is 8.87. The summed E-state index contributed by atoms with van der Waals surface area (Å²) in [6, 6.07) is 4.02. The van der Waals surface area contributed by atoms with E-state index in [2.05, 4.69) is 15.0 Å². The van der Waals surface area contributed by atoms with Crippen LogP contribution in [0.2, 0.25) is 0 Å². The number of hydrogen-bond acceptors (Lipinski definition) is 6. The number of imidazole rings is 1. The van der Waals surface area contributed by atoms with E-state index in [4.69, 9.17) is 4.74 Å². The van der Waals surface area contributed by atoms with Crippen LogP contribution in [0, 0.1) is 11.3 Å². The molecule has 3 aliphatic rings. The minimum atomic E-state index is -0.431. The van der Waals surface area contributed by atoms with E-state index in [1.807, 2.05) is 23.2 Å². The minimum Gasteiger partial charge on any atom is -0.391 e. The van der Waals surface area contributed by atoms with Crippen molar-refractivity contribution >= 4 is 17.4 Å². The van der Waals surface area contributed by atoms with E-state index in [1.165, 1.54) is 0 Å². The number of aliphatic hydroxyl groups is 1. The van der Waals surface area contributed by atoms with Gasteiger partial charge in [-0.3, -0.25) is 4.79 Å². The first-order chi connectivity index (χ1) is 14.1. The summed E-state index contributed by atoms with van der Waals surface area (Å²) in [6.45, 7) is 4.35. The molecule has 0 aliphatic carbocycles. The molecule has 1 amide bonds. The molecule has 5 heterocycles. The van der Waals surface area contributed by atoms with Crippen LogP contribution >= 0.6 is 0 Å². The lowest BCUT2D eigenvalue weighted by molar-refractivity contribution is -0.146. The van der Waals surface area contributed by atoms with E-state index < -0.39 is 6.10 Å². The molecule has 3 saturated heterocycles. The van der Waals surface area contributed by atoms with Gasteiger partial charge >= 0.3 is 0 Å². The standard InChI is InChI=1S/C21H29N5O3/c27-17-13-21(15-25(14-17)20(28)16-3-11-29-12-4-16)5-8-24(9-6-21)19-2-1-18-22-7-10-26(18)23-19/h1-2,7,10,16-17,27H,3-6,8-9,11-15H2. The molecular formula is C21H29N5O3. The molecule has 29 heavy (non-hydrogen) atoms. The quantitative estimate of drug-likeness (QED) is 0.821. The van der Waals surface area contributed by atoms with Crippen LogP contribution in [0.5, 0.6) is 0 Å². The number of carbonyl (C=O) groups is 1. The third-order valence-corrected chi connectivity index (χ3v) is 6.90. The van der Waals surface area contributed by atoms with Gasteiger partial charge in [-0.05, 0) is 49.7 Å². The molecular weight excluding hydrogens is 370 g/mol. The van der Waals surface area contributed by atoms with Gasteiger partial charge in [0.1, 0.15) is 5.82 Å². The Kier molecular flexibility index (Phi) is 4.91. The first-order valence-electron chi connectivity index (χ1n) is 10.7. The minimum absolute atomic E-state index is 0.00804. The number of aliphatic hydroxyl groups excluding tert-OH is 1. The number of ether oxygens (including phenoxy) is 1. The van der Waals surface area contributed by atoms with Crippen molar-refractivity contribution in [1.29, 1.82) is 0 Å². The van der Waals surface area contributed by atoms with Crippen molar-refractivity contribution < 1.29 is 14.6 Å². The van der Waals surface area contributed by atoms with Crippen LogP contribution in [0.3, 0.4) is 0 Å². The first-order valence-corrected chi connectivity index (χ1v) is 10.7. The van der Waals surface area contributed by atoms with Crippen molar-refractivity contribution in [3.8, 4) is 0 Å². The fourth-order valence-corrected chi connectivity index (χ4v) is 5.27. The molecule has 2 aromatic rings. The van der Waals surface area contributed by atoms with Gasteiger partial charge in [-0.2, -0.15) is 0 Å². The number of anilines is 1. The Bertz CT molecular complexity index is 870. The van der Waals surface area contributed by atoms with E-state index in [1.54, 1.807) is 10.7 Å². The summed E-state index contributed by atoms with van der Waals surface area (Å²) in [7, 11) is 0. The Morgan fingerprint density at radius 2 is 2.00 bits per heavy atom. The predicted octanol–water partition coefficient (Wildman–Crippen LogP) is 1.34. The molecule has 2 aromatic heterocycles. The maximum atomic E-state index is 13.0. The highest BCUT2D eigenvalue weighted by molar-refractivity contribution is 5.79. The summed E-state index contributed by atoms with van der Waals surface area (Å²) in [5.74, 6) is 1.22. The molecule has 8 nitrogen and oxygen atoms in total. The van der Waals surface area contributed by atoms with Crippen LogP contribution in [-0.2, 0) is 9.53 Å². The highest BCUT2D eigenvalue weighted by Gasteiger charge is 2.44. The van der Waals surface area contributed by atoms with E-state index in [9.17, 15) is 9.90 Å². The highest BCUT2D eigenvalue weighted by Crippen LogP contribution is 2.41. The number of hydrogen-bond donors (Lipinski definition) is 1. The zero-order valence-corrected chi connectivity index (χ0v) is 16.7. The second kappa shape index (κ2) is 7.57. The third kappa shape index (κ3) is 3.71. The van der Waals surface area contributed by atoms with Crippen LogP contribution in [-0.4, -0.2) is 76.0 Å². The van der Waals surface area contributed by atoms with Crippen LogP contribution in [0.25, 0.3) is 5.65 Å². The van der Waals surface area contributed by atoms with Gasteiger partial charge in [-0.25, -0.2) is 9.50 Å². The number of nitrogens with zero attached hydrogens (tertiary/aromatic N) is 5. The normalized spacial score (nSPS) is 25.6. The molecule has 8 heteroatoms. The number of fused-ring (bicyclic) bond motifs is 1. The van der Waals surface area contributed by atoms with Crippen LogP contribution in [0.15, 0.2) is 24.5 Å². The van der Waals surface area contributed by atoms with Crippen molar-refractivity contribution in [3.05, 3.63) is 24.5 Å². The number of β-amino-alcohol motifs (C(OH)–C–C–N with tert-alkyl or cyclic N) is 1. The monoisotopic (exact) mass is 399 g/mol. The summed E-state index contributed by atoms with van der Waals surface area (Å²) in [6.07, 6.45) is 7.50. The second-order valence-electron chi connectivity index (χ2n) is 8.87. The Balaban J connectivity index is 1.26. The molecule has 1 N–H and O–H groups in total. The van der Waals surface area contributed by atoms with Crippen molar-refractivity contribution in [1.82, 2.24) is 19.5 Å². The van der Waals surface area contributed by atoms with Crippen LogP contribution in [0.4, 0.5) is 5.82 Å². The molecule has 0 bridgehead atoms. The average Bonchev–Trinajstić information content (AvgIpc) is 3.22. The van der Waals surface area contributed by atoms with Gasteiger partial charge in [0.2, 0.25) is 5.91 Å². The summed E-state index contributed by atoms with van der Waals surface area (Å²) in [4.78, 5) is 21.5. The SMILES string of the molecule is O=C(C1CCOCC1)N1CC(O)CC2(CCN(c3ccc4nccn4n3)CC2)C1. The Morgan fingerprint density at radius 1 is 1.21 bits per heavy atom. The van der Waals surface area contributed by atoms with Crippen LogP contribution in [0.1, 0.15) is 32.1 Å². The smallest absolute Gasteiger partial charge is 0.225 e. The lowest BCUT2D eigenvalue weighted by Gasteiger charge is -2.50. The molecule has 1 unspecified atom stereocenters. The number of likely N-dealkylation sites (tertiary alicyclic amines) is 1. The molecule has 3 aliphatic heterocycles. The van der Waals surface area contributed by atoms with Gasteiger partial charge in [-0.1, -0.05) is 0 Å². The molecule has 0 saturated carbocycles. The number of piperidine rings is 2. The van der Waals surface area contributed by atoms with Crippen molar-refractivity contribution in [3.63, 3.8) is 0 Å². The maximum Gasteiger partial charge on any atom is 0.225 e. The average molecular weight is 399 g/mol. The van der Waals surface area contributed by atoms with Crippen molar-refractivity contribution in [2.24, 2.45) is 11.3 Å². The van der Waals surface area contributed by atoms with E-state index in [0.717, 1.165) is 63.2 Å². The lowest BCUT2D eigenvalue weighted by atomic mass is 9.71. The highest BCUT2D eigenvalue weighted by atomic mass is 16.5. The number of carbonyl (C=O) groups excluding carboxylic acids is 1. The largest absolute Gasteiger partial charge is 0.391 e. The van der Waals surface area contributed by atoms with Gasteiger partial charge < -0.3 is 19.6 Å². The lowest BCUT2D eigenvalue weighted by Crippen LogP contribution is -2.56. The number of aromatic nitrogens is 3. The Labute approximate surface area is 170 Å². The summed E-state index contributed by atoms with van der Waals surface area (Å²) >= 11 is 0. The number of amides is 1. The zero-order chi connectivity index (χ0) is 19.8. The van der Waals surface area contributed by atoms with E-state index in [-0.39, 0.29) is 17.2 Å². The zero-order valence-electron chi connectivity index (χ0n) is 16.7. The Morgan fingerprint density at radius 3 is 2.79 bits per heavy atom. The third-order valence-electron chi connectivity index (χ3n) is 6.90. The topological polar surface area (TPSA) is 83.2 Å². The molecule has 156 valence electrons. The first kappa shape index (κ1) is 18.8. The van der Waals surface area contributed by atoms with Crippen molar-refractivity contribution in [2.75, 3.05) is 44.3 Å². The molecule has 1 atom stereocenters. The van der Waals surface area contributed by atoms with E-state index >= 15 is 0 Å². The molecule has 0 aromatic carbocycles. The van der Waals surface area contributed by atoms with Crippen LogP contribution < -0.4 is 4.90 Å². The van der Waals surface area contributed by atoms with Crippen molar-refractivity contribution in [2.45, 2.75) is 38.2 Å². The molecule has 3 fully saturated rings. The maximum absolute atomic E-state index is 13.0. The molecule has 5 rings (SSSR count).